The average Bonchev–Trinajstić information content (AvgIpc) is 3.07. The first-order chi connectivity index (χ1) is 13.5. The van der Waals surface area contributed by atoms with Gasteiger partial charge in [0.05, 0.1) is 16.0 Å². The van der Waals surface area contributed by atoms with Crippen LogP contribution < -0.4 is 10.6 Å². The molecule has 1 aromatic heterocycles. The summed E-state index contributed by atoms with van der Waals surface area (Å²) in [7, 11) is 0. The number of benzene rings is 1. The minimum atomic E-state index is -0.682. The summed E-state index contributed by atoms with van der Waals surface area (Å²) in [5.74, 6) is -0.369. The van der Waals surface area contributed by atoms with E-state index in [1.165, 1.54) is 18.3 Å². The fourth-order valence-corrected chi connectivity index (χ4v) is 2.99. The number of aromatic amines is 1. The quantitative estimate of drug-likeness (QED) is 0.477. The molecule has 0 saturated heterocycles. The van der Waals surface area contributed by atoms with Crippen molar-refractivity contribution in [1.82, 2.24) is 15.6 Å². The monoisotopic (exact) mass is 404 g/mol. The van der Waals surface area contributed by atoms with Gasteiger partial charge in [-0.1, -0.05) is 13.8 Å². The predicted octanol–water partition coefficient (Wildman–Crippen LogP) is 3.89. The third-order valence-corrected chi connectivity index (χ3v) is 4.82. The molecule has 158 valence electrons. The number of alkyl carbamates (subject to hydrolysis) is 1. The number of nitro groups is 1. The maximum Gasteiger partial charge on any atom is 0.407 e. The SMILES string of the molecule is CCC(CC)(CNC(=O)OC(C)(C)C)NC(=O)c1c[nH]c2ccc([N+](=O)[O-])cc12. The van der Waals surface area contributed by atoms with Gasteiger partial charge in [-0.15, -0.1) is 0 Å². The smallest absolute Gasteiger partial charge is 0.407 e. The Morgan fingerprint density at radius 2 is 1.86 bits per heavy atom. The molecule has 9 nitrogen and oxygen atoms in total. The van der Waals surface area contributed by atoms with Gasteiger partial charge in [-0.3, -0.25) is 14.9 Å². The van der Waals surface area contributed by atoms with E-state index in [1.54, 1.807) is 26.8 Å². The van der Waals surface area contributed by atoms with Crippen LogP contribution in [0.2, 0.25) is 0 Å². The summed E-state index contributed by atoms with van der Waals surface area (Å²) in [4.78, 5) is 38.5. The molecule has 3 N–H and O–H groups in total. The number of ether oxygens (including phenoxy) is 1. The van der Waals surface area contributed by atoms with Crippen LogP contribution >= 0.6 is 0 Å². The van der Waals surface area contributed by atoms with E-state index in [4.69, 9.17) is 4.74 Å². The largest absolute Gasteiger partial charge is 0.444 e. The number of H-pyrrole nitrogens is 1. The number of nitro benzene ring substituents is 1. The van der Waals surface area contributed by atoms with Gasteiger partial charge in [-0.25, -0.2) is 4.79 Å². The molecule has 0 aliphatic carbocycles. The third kappa shape index (κ3) is 5.46. The lowest BCUT2D eigenvalue weighted by atomic mass is 9.92. The molecule has 9 heteroatoms. The molecule has 0 radical (unpaired) electrons. The molecule has 2 rings (SSSR count). The lowest BCUT2D eigenvalue weighted by molar-refractivity contribution is -0.384. The number of fused-ring (bicyclic) bond motifs is 1. The van der Waals surface area contributed by atoms with Gasteiger partial charge >= 0.3 is 6.09 Å². The van der Waals surface area contributed by atoms with Crippen molar-refractivity contribution in [3.05, 3.63) is 40.1 Å². The lowest BCUT2D eigenvalue weighted by Crippen LogP contribution is -2.55. The Kier molecular flexibility index (Phi) is 6.51. The molecule has 0 bridgehead atoms. The van der Waals surface area contributed by atoms with E-state index < -0.39 is 22.2 Å². The molecular formula is C20H28N4O5. The van der Waals surface area contributed by atoms with Gasteiger partial charge < -0.3 is 20.4 Å². The van der Waals surface area contributed by atoms with Gasteiger partial charge in [0.15, 0.2) is 0 Å². The summed E-state index contributed by atoms with van der Waals surface area (Å²) in [5.41, 5.74) is -0.445. The molecule has 1 aromatic carbocycles. The number of amides is 2. The zero-order valence-corrected chi connectivity index (χ0v) is 17.4. The number of hydrogen-bond donors (Lipinski definition) is 3. The first-order valence-corrected chi connectivity index (χ1v) is 9.55. The van der Waals surface area contributed by atoms with Crippen molar-refractivity contribution in [3.63, 3.8) is 0 Å². The van der Waals surface area contributed by atoms with Crippen molar-refractivity contribution in [1.29, 1.82) is 0 Å². The van der Waals surface area contributed by atoms with Crippen molar-refractivity contribution in [3.8, 4) is 0 Å². The first kappa shape index (κ1) is 22.2. The molecule has 2 amide bonds. The highest BCUT2D eigenvalue weighted by Crippen LogP contribution is 2.25. The molecule has 0 aliphatic rings. The highest BCUT2D eigenvalue weighted by Gasteiger charge is 2.31. The fourth-order valence-electron chi connectivity index (χ4n) is 2.99. The molecule has 0 spiro atoms. The van der Waals surface area contributed by atoms with E-state index in [0.717, 1.165) is 0 Å². The Hall–Kier alpha value is -3.10. The van der Waals surface area contributed by atoms with E-state index in [2.05, 4.69) is 15.6 Å². The molecule has 2 aromatic rings. The van der Waals surface area contributed by atoms with Gasteiger partial charge in [0.2, 0.25) is 0 Å². The van der Waals surface area contributed by atoms with Crippen LogP contribution in [0.15, 0.2) is 24.4 Å². The highest BCUT2D eigenvalue weighted by molar-refractivity contribution is 6.07. The topological polar surface area (TPSA) is 126 Å². The fraction of sp³-hybridized carbons (Fsp3) is 0.500. The van der Waals surface area contributed by atoms with Crippen LogP contribution in [0.1, 0.15) is 57.8 Å². The Balaban J connectivity index is 2.20. The van der Waals surface area contributed by atoms with E-state index in [1.807, 2.05) is 13.8 Å². The summed E-state index contributed by atoms with van der Waals surface area (Å²) < 4.78 is 5.26. The van der Waals surface area contributed by atoms with Crippen molar-refractivity contribution in [2.24, 2.45) is 0 Å². The number of nitrogens with one attached hydrogen (secondary N) is 3. The summed E-state index contributed by atoms with van der Waals surface area (Å²) >= 11 is 0. The Labute approximate surface area is 169 Å². The van der Waals surface area contributed by atoms with Crippen molar-refractivity contribution in [2.75, 3.05) is 6.54 Å². The minimum absolute atomic E-state index is 0.0880. The number of rotatable bonds is 7. The normalized spacial score (nSPS) is 11.9. The van der Waals surface area contributed by atoms with Crippen LogP contribution in [0.25, 0.3) is 10.9 Å². The summed E-state index contributed by atoms with van der Waals surface area (Å²) in [5, 5.41) is 17.2. The molecule has 29 heavy (non-hydrogen) atoms. The lowest BCUT2D eigenvalue weighted by Gasteiger charge is -2.33. The molecule has 0 saturated carbocycles. The zero-order valence-electron chi connectivity index (χ0n) is 17.4. The van der Waals surface area contributed by atoms with Crippen LogP contribution in [0.3, 0.4) is 0 Å². The second-order valence-corrected chi connectivity index (χ2v) is 7.99. The maximum absolute atomic E-state index is 13.0. The number of carbonyl (C=O) groups excluding carboxylic acids is 2. The third-order valence-electron chi connectivity index (χ3n) is 4.82. The van der Waals surface area contributed by atoms with Crippen LogP contribution in [-0.2, 0) is 4.74 Å². The van der Waals surface area contributed by atoms with Crippen LogP contribution in [0.4, 0.5) is 10.5 Å². The number of nitrogens with zero attached hydrogens (tertiary/aromatic N) is 1. The first-order valence-electron chi connectivity index (χ1n) is 9.55. The van der Waals surface area contributed by atoms with E-state index in [0.29, 0.717) is 29.3 Å². The molecule has 0 aliphatic heterocycles. The number of hydrogen-bond acceptors (Lipinski definition) is 5. The van der Waals surface area contributed by atoms with E-state index in [-0.39, 0.29) is 18.1 Å². The summed E-state index contributed by atoms with van der Waals surface area (Å²) in [6, 6.07) is 4.33. The Bertz CT molecular complexity index is 909. The van der Waals surface area contributed by atoms with E-state index in [9.17, 15) is 19.7 Å². The van der Waals surface area contributed by atoms with Gasteiger partial charge in [0, 0.05) is 35.8 Å². The Morgan fingerprint density at radius 3 is 2.41 bits per heavy atom. The predicted molar refractivity (Wildman–Crippen MR) is 110 cm³/mol. The molecule has 0 unspecified atom stereocenters. The van der Waals surface area contributed by atoms with Crippen LogP contribution in [-0.4, -0.2) is 39.6 Å². The molecular weight excluding hydrogens is 376 g/mol. The summed E-state index contributed by atoms with van der Waals surface area (Å²) in [6.07, 6.45) is 2.13. The second kappa shape index (κ2) is 8.50. The van der Waals surface area contributed by atoms with Gasteiger partial charge in [0.1, 0.15) is 5.60 Å². The van der Waals surface area contributed by atoms with Crippen molar-refractivity contribution < 1.29 is 19.2 Å². The highest BCUT2D eigenvalue weighted by atomic mass is 16.6. The zero-order chi connectivity index (χ0) is 21.8. The minimum Gasteiger partial charge on any atom is -0.444 e. The standard InChI is InChI=1S/C20H28N4O5/c1-6-20(7-2,12-22-18(26)29-19(3,4)5)23-17(25)15-11-21-16-9-8-13(24(27)28)10-14(15)16/h8-11,21H,6-7,12H2,1-5H3,(H,22,26)(H,23,25). The molecule has 1 heterocycles. The van der Waals surface area contributed by atoms with Gasteiger partial charge in [-0.05, 0) is 39.7 Å². The van der Waals surface area contributed by atoms with Crippen LogP contribution in [0.5, 0.6) is 0 Å². The van der Waals surface area contributed by atoms with E-state index >= 15 is 0 Å². The number of non-ortho nitro benzene ring substituents is 1. The van der Waals surface area contributed by atoms with Gasteiger partial charge in [-0.2, -0.15) is 0 Å². The van der Waals surface area contributed by atoms with Crippen LogP contribution in [0, 0.1) is 10.1 Å². The second-order valence-electron chi connectivity index (χ2n) is 7.99. The maximum atomic E-state index is 13.0. The Morgan fingerprint density at radius 1 is 1.21 bits per heavy atom. The molecule has 0 atom stereocenters. The summed E-state index contributed by atoms with van der Waals surface area (Å²) in [6.45, 7) is 9.36. The van der Waals surface area contributed by atoms with Gasteiger partial charge in [0.25, 0.3) is 11.6 Å². The molecule has 0 fully saturated rings. The number of aromatic nitrogens is 1. The van der Waals surface area contributed by atoms with Crippen molar-refractivity contribution >= 4 is 28.6 Å². The average molecular weight is 404 g/mol. The van der Waals surface area contributed by atoms with Crippen molar-refractivity contribution in [2.45, 2.75) is 58.6 Å². The number of carbonyl (C=O) groups is 2.